The van der Waals surface area contributed by atoms with Crippen LogP contribution in [0.2, 0.25) is 0 Å². The van der Waals surface area contributed by atoms with Gasteiger partial charge in [0, 0.05) is 0 Å². The monoisotopic (exact) mass is 273 g/mol. The van der Waals surface area contributed by atoms with E-state index in [1.54, 1.807) is 11.1 Å². The molecule has 0 aromatic heterocycles. The Balaban J connectivity index is 0.000000380. The van der Waals surface area contributed by atoms with Crippen molar-refractivity contribution in [1.82, 2.24) is 0 Å². The van der Waals surface area contributed by atoms with Crippen LogP contribution < -0.4 is 0 Å². The Labute approximate surface area is 125 Å². The zero-order chi connectivity index (χ0) is 15.4. The zero-order valence-electron chi connectivity index (χ0n) is 13.9. The maximum absolute atomic E-state index is 6.33. The van der Waals surface area contributed by atoms with Crippen molar-refractivity contribution in [2.45, 2.75) is 66.7 Å². The summed E-state index contributed by atoms with van der Waals surface area (Å²) in [5, 5.41) is 6.33. The lowest BCUT2D eigenvalue weighted by atomic mass is 9.88. The highest BCUT2D eigenvalue weighted by atomic mass is 14.3. The highest BCUT2D eigenvalue weighted by Crippen LogP contribution is 2.24. The van der Waals surface area contributed by atoms with Crippen LogP contribution >= 0.6 is 0 Å². The molecule has 1 aliphatic carbocycles. The summed E-state index contributed by atoms with van der Waals surface area (Å²) in [7, 11) is 0. The first kappa shape index (κ1) is 18.6. The van der Waals surface area contributed by atoms with Gasteiger partial charge in [-0.1, -0.05) is 69.0 Å². The van der Waals surface area contributed by atoms with Gasteiger partial charge in [-0.25, -0.2) is 0 Å². The van der Waals surface area contributed by atoms with Crippen molar-refractivity contribution in [3.05, 3.63) is 46.5 Å². The van der Waals surface area contributed by atoms with Gasteiger partial charge in [0.1, 0.15) is 0 Å². The van der Waals surface area contributed by atoms with Crippen LogP contribution in [0, 0.1) is 5.41 Å². The summed E-state index contributed by atoms with van der Waals surface area (Å²) in [4.78, 5) is 0. The minimum absolute atomic E-state index is 0.861. The van der Waals surface area contributed by atoms with Crippen molar-refractivity contribution < 1.29 is 0 Å². The Morgan fingerprint density at radius 1 is 0.900 bits per heavy atom. The van der Waals surface area contributed by atoms with Crippen molar-refractivity contribution in [2.24, 2.45) is 0 Å². The number of fused-ring (bicyclic) bond motifs is 1. The molecule has 1 aromatic carbocycles. The average Bonchev–Trinajstić information content (AvgIpc) is 2.49. The Bertz CT molecular complexity index is 381. The fraction of sp³-hybridized carbons (Fsp3) is 0.526. The van der Waals surface area contributed by atoms with Crippen LogP contribution in [0.1, 0.15) is 65.0 Å². The third kappa shape index (κ3) is 7.28. The molecule has 0 bridgehead atoms. The molecule has 0 unspecified atom stereocenters. The second-order valence-electron chi connectivity index (χ2n) is 5.30. The SMILES string of the molecule is CC1=C(C)Cc2ccccc2C1.CCC=N.CCCC. The van der Waals surface area contributed by atoms with E-state index in [9.17, 15) is 0 Å². The van der Waals surface area contributed by atoms with E-state index in [1.807, 2.05) is 6.92 Å². The lowest BCUT2D eigenvalue weighted by Gasteiger charge is -2.18. The molecule has 112 valence electrons. The molecule has 1 aliphatic rings. The molecule has 0 saturated heterocycles. The second-order valence-corrected chi connectivity index (χ2v) is 5.30. The molecule has 0 aliphatic heterocycles. The largest absolute Gasteiger partial charge is 0.313 e. The number of nitrogens with one attached hydrogen (secondary N) is 1. The van der Waals surface area contributed by atoms with Gasteiger partial charge in [-0.05, 0) is 50.5 Å². The number of rotatable bonds is 2. The molecule has 0 atom stereocenters. The maximum Gasteiger partial charge on any atom is -0.00505 e. The standard InChI is InChI=1S/C12H14.C4H10.C3H7N/c1-9-7-11-5-3-4-6-12(11)8-10(9)2;1-3-4-2;1-2-3-4/h3-6H,7-8H2,1-2H3;3-4H2,1-2H3;3-4H,2H2,1H3. The molecule has 0 spiro atoms. The van der Waals surface area contributed by atoms with Gasteiger partial charge in [-0.3, -0.25) is 0 Å². The van der Waals surface area contributed by atoms with Gasteiger partial charge in [0.2, 0.25) is 0 Å². The molecule has 1 heteroatoms. The summed E-state index contributed by atoms with van der Waals surface area (Å²) >= 11 is 0. The van der Waals surface area contributed by atoms with Crippen LogP contribution in [-0.4, -0.2) is 6.21 Å². The van der Waals surface area contributed by atoms with Crippen molar-refractivity contribution in [3.8, 4) is 0 Å². The van der Waals surface area contributed by atoms with E-state index >= 15 is 0 Å². The molecule has 2 rings (SSSR count). The van der Waals surface area contributed by atoms with Gasteiger partial charge >= 0.3 is 0 Å². The molecule has 1 N–H and O–H groups in total. The van der Waals surface area contributed by atoms with Crippen LogP contribution in [0.15, 0.2) is 35.4 Å². The quantitative estimate of drug-likeness (QED) is 0.506. The first-order valence-electron chi connectivity index (χ1n) is 7.81. The molecular formula is C19H31N. The van der Waals surface area contributed by atoms with Gasteiger partial charge in [-0.2, -0.15) is 0 Å². The minimum Gasteiger partial charge on any atom is -0.313 e. The van der Waals surface area contributed by atoms with E-state index in [2.05, 4.69) is 52.0 Å². The normalized spacial score (nSPS) is 12.4. The number of benzene rings is 1. The van der Waals surface area contributed by atoms with E-state index in [0.717, 1.165) is 19.3 Å². The van der Waals surface area contributed by atoms with Crippen molar-refractivity contribution in [2.75, 3.05) is 0 Å². The summed E-state index contributed by atoms with van der Waals surface area (Å²) in [6.07, 6.45) is 7.18. The van der Waals surface area contributed by atoms with E-state index in [1.165, 1.54) is 30.2 Å². The van der Waals surface area contributed by atoms with Crippen LogP contribution in [0.5, 0.6) is 0 Å². The number of hydrogen-bond donors (Lipinski definition) is 1. The Morgan fingerprint density at radius 3 is 1.50 bits per heavy atom. The predicted molar refractivity (Wildman–Crippen MR) is 91.9 cm³/mol. The molecule has 1 aromatic rings. The fourth-order valence-electron chi connectivity index (χ4n) is 1.78. The molecule has 0 amide bonds. The summed E-state index contributed by atoms with van der Waals surface area (Å²) < 4.78 is 0. The van der Waals surface area contributed by atoms with E-state index in [0.29, 0.717) is 0 Å². The van der Waals surface area contributed by atoms with Gasteiger partial charge in [0.15, 0.2) is 0 Å². The Kier molecular flexibility index (Phi) is 10.7. The molecule has 0 heterocycles. The molecule has 0 saturated carbocycles. The molecule has 0 fully saturated rings. The summed E-state index contributed by atoms with van der Waals surface area (Å²) in [6.45, 7) is 10.8. The summed E-state index contributed by atoms with van der Waals surface area (Å²) in [6, 6.07) is 8.75. The van der Waals surface area contributed by atoms with Crippen LogP contribution in [0.4, 0.5) is 0 Å². The van der Waals surface area contributed by atoms with E-state index in [4.69, 9.17) is 5.41 Å². The lowest BCUT2D eigenvalue weighted by molar-refractivity contribution is 0.886. The molecule has 1 nitrogen and oxygen atoms in total. The van der Waals surface area contributed by atoms with E-state index < -0.39 is 0 Å². The molecule has 20 heavy (non-hydrogen) atoms. The van der Waals surface area contributed by atoms with Crippen LogP contribution in [-0.2, 0) is 12.8 Å². The average molecular weight is 273 g/mol. The Morgan fingerprint density at radius 2 is 1.25 bits per heavy atom. The van der Waals surface area contributed by atoms with Crippen molar-refractivity contribution in [1.29, 1.82) is 5.41 Å². The van der Waals surface area contributed by atoms with Crippen molar-refractivity contribution >= 4 is 6.21 Å². The third-order valence-corrected chi connectivity index (χ3v) is 3.46. The summed E-state index contributed by atoms with van der Waals surface area (Å²) in [5.74, 6) is 0. The molecular weight excluding hydrogens is 242 g/mol. The molecule has 0 radical (unpaired) electrons. The minimum atomic E-state index is 0.861. The Hall–Kier alpha value is -1.37. The predicted octanol–water partition coefficient (Wildman–Crippen LogP) is 5.97. The third-order valence-electron chi connectivity index (χ3n) is 3.46. The van der Waals surface area contributed by atoms with Gasteiger partial charge < -0.3 is 5.41 Å². The van der Waals surface area contributed by atoms with E-state index in [-0.39, 0.29) is 0 Å². The number of allylic oxidation sites excluding steroid dienone is 2. The van der Waals surface area contributed by atoms with Gasteiger partial charge in [-0.15, -0.1) is 0 Å². The van der Waals surface area contributed by atoms with Crippen LogP contribution in [0.3, 0.4) is 0 Å². The number of unbranched alkanes of at least 4 members (excludes halogenated alkanes) is 1. The van der Waals surface area contributed by atoms with Gasteiger partial charge in [0.05, 0.1) is 0 Å². The topological polar surface area (TPSA) is 23.9 Å². The first-order valence-corrected chi connectivity index (χ1v) is 7.81. The zero-order valence-corrected chi connectivity index (χ0v) is 13.9. The number of hydrogen-bond acceptors (Lipinski definition) is 1. The highest BCUT2D eigenvalue weighted by Gasteiger charge is 2.10. The highest BCUT2D eigenvalue weighted by molar-refractivity contribution is 5.51. The second kappa shape index (κ2) is 11.5. The van der Waals surface area contributed by atoms with Crippen LogP contribution in [0.25, 0.3) is 0 Å². The summed E-state index contributed by atoms with van der Waals surface area (Å²) in [5.41, 5.74) is 6.13. The lowest BCUT2D eigenvalue weighted by Crippen LogP contribution is -2.04. The fourth-order valence-corrected chi connectivity index (χ4v) is 1.78. The maximum atomic E-state index is 6.33. The first-order chi connectivity index (χ1) is 9.60. The smallest absolute Gasteiger partial charge is 0.00505 e. The van der Waals surface area contributed by atoms with Gasteiger partial charge in [0.25, 0.3) is 0 Å². The van der Waals surface area contributed by atoms with Crippen molar-refractivity contribution in [3.63, 3.8) is 0 Å².